The van der Waals surface area contributed by atoms with Gasteiger partial charge in [0.05, 0.1) is 0 Å². The zero-order valence-corrected chi connectivity index (χ0v) is 10.8. The Morgan fingerprint density at radius 3 is 2.69 bits per heavy atom. The minimum absolute atomic E-state index is 0.251. The molecule has 0 aromatic heterocycles. The van der Waals surface area contributed by atoms with Gasteiger partial charge in [-0.2, -0.15) is 0 Å². The second-order valence-electron chi connectivity index (χ2n) is 6.47. The van der Waals surface area contributed by atoms with E-state index < -0.39 is 0 Å². The van der Waals surface area contributed by atoms with Crippen LogP contribution < -0.4 is 5.73 Å². The van der Waals surface area contributed by atoms with Crippen LogP contribution in [-0.4, -0.2) is 29.9 Å². The number of hydrogen-bond acceptors (Lipinski definition) is 2. The highest BCUT2D eigenvalue weighted by atomic mass is 16.2. The predicted octanol–water partition coefficient (Wildman–Crippen LogP) is 1.76. The number of amides is 1. The first-order chi connectivity index (χ1) is 7.41. The van der Waals surface area contributed by atoms with Gasteiger partial charge in [-0.1, -0.05) is 27.2 Å². The van der Waals surface area contributed by atoms with Gasteiger partial charge in [-0.05, 0) is 25.8 Å². The van der Waals surface area contributed by atoms with Crippen LogP contribution in [0.25, 0.3) is 0 Å². The number of rotatable bonds is 1. The molecule has 0 radical (unpaired) electrons. The van der Waals surface area contributed by atoms with E-state index in [2.05, 4.69) is 4.90 Å². The molecule has 2 fully saturated rings. The fourth-order valence-corrected chi connectivity index (χ4v) is 3.41. The van der Waals surface area contributed by atoms with Gasteiger partial charge < -0.3 is 10.6 Å². The predicted molar refractivity (Wildman–Crippen MR) is 64.9 cm³/mol. The topological polar surface area (TPSA) is 46.3 Å². The summed E-state index contributed by atoms with van der Waals surface area (Å²) in [5.41, 5.74) is 5.94. The van der Waals surface area contributed by atoms with Gasteiger partial charge in [0.25, 0.3) is 0 Å². The summed E-state index contributed by atoms with van der Waals surface area (Å²) in [6.07, 6.45) is 4.70. The van der Waals surface area contributed by atoms with Crippen LogP contribution in [0.3, 0.4) is 0 Å². The van der Waals surface area contributed by atoms with Crippen LogP contribution in [-0.2, 0) is 4.79 Å². The number of carbonyl (C=O) groups excluding carboxylic acids is 1. The highest BCUT2D eigenvalue weighted by molar-refractivity contribution is 5.82. The summed E-state index contributed by atoms with van der Waals surface area (Å²) in [6.45, 7) is 7.68. The lowest BCUT2D eigenvalue weighted by Crippen LogP contribution is -2.46. The van der Waals surface area contributed by atoms with Crippen molar-refractivity contribution in [2.75, 3.05) is 13.1 Å². The van der Waals surface area contributed by atoms with Crippen molar-refractivity contribution in [3.63, 3.8) is 0 Å². The molecule has 3 heteroatoms. The monoisotopic (exact) mass is 224 g/mol. The number of fused-ring (bicyclic) bond motifs is 1. The number of hydrogen-bond donors (Lipinski definition) is 1. The molecular weight excluding hydrogens is 200 g/mol. The highest BCUT2D eigenvalue weighted by Crippen LogP contribution is 2.48. The molecular formula is C13H24N2O. The van der Waals surface area contributed by atoms with E-state index in [1.165, 1.54) is 12.8 Å². The van der Waals surface area contributed by atoms with Crippen molar-refractivity contribution in [1.82, 2.24) is 4.90 Å². The van der Waals surface area contributed by atoms with Crippen molar-refractivity contribution < 1.29 is 4.79 Å². The van der Waals surface area contributed by atoms with Crippen LogP contribution in [0.5, 0.6) is 0 Å². The first-order valence-electron chi connectivity index (χ1n) is 6.42. The number of nitrogens with zero attached hydrogens (tertiary/aromatic N) is 1. The second kappa shape index (κ2) is 3.73. The van der Waals surface area contributed by atoms with Crippen molar-refractivity contribution >= 4 is 5.91 Å². The minimum Gasteiger partial charge on any atom is -0.339 e. The Morgan fingerprint density at radius 1 is 1.44 bits per heavy atom. The molecule has 16 heavy (non-hydrogen) atoms. The Labute approximate surface area is 98.4 Å². The summed E-state index contributed by atoms with van der Waals surface area (Å²) < 4.78 is 0. The molecule has 2 atom stereocenters. The Bertz CT molecular complexity index is 295. The van der Waals surface area contributed by atoms with Crippen LogP contribution >= 0.6 is 0 Å². The molecule has 1 aliphatic carbocycles. The van der Waals surface area contributed by atoms with Gasteiger partial charge in [0, 0.05) is 23.4 Å². The zero-order valence-electron chi connectivity index (χ0n) is 10.8. The van der Waals surface area contributed by atoms with Gasteiger partial charge in [-0.25, -0.2) is 0 Å². The molecule has 0 unspecified atom stereocenters. The Hall–Kier alpha value is -0.570. The van der Waals surface area contributed by atoms with Crippen molar-refractivity contribution in [2.45, 2.75) is 52.5 Å². The second-order valence-corrected chi connectivity index (χ2v) is 6.47. The fraction of sp³-hybridized carbons (Fsp3) is 0.923. The molecule has 2 rings (SSSR count). The summed E-state index contributed by atoms with van der Waals surface area (Å²) in [6, 6.07) is 0.421. The molecule has 1 amide bonds. The third-order valence-electron chi connectivity index (χ3n) is 4.39. The number of likely N-dealkylation sites (tertiary alicyclic amines) is 1. The van der Waals surface area contributed by atoms with Gasteiger partial charge in [0.2, 0.25) is 5.91 Å². The maximum atomic E-state index is 12.4. The molecule has 0 aromatic rings. The standard InChI is InChI=1S/C13H24N2O/c1-12(2,3)11(16)15-8-7-13(9-14)6-4-5-10(13)15/h10H,4-9,14H2,1-3H3/t10-,13-/m0/s1. The van der Waals surface area contributed by atoms with Crippen molar-refractivity contribution in [3.8, 4) is 0 Å². The van der Waals surface area contributed by atoms with Crippen LogP contribution in [0.2, 0.25) is 0 Å². The van der Waals surface area contributed by atoms with Gasteiger partial charge in [0.1, 0.15) is 0 Å². The Balaban J connectivity index is 2.18. The summed E-state index contributed by atoms with van der Waals surface area (Å²) in [5, 5.41) is 0. The van der Waals surface area contributed by atoms with E-state index in [9.17, 15) is 4.79 Å². The first-order valence-corrected chi connectivity index (χ1v) is 6.42. The van der Waals surface area contributed by atoms with Crippen molar-refractivity contribution in [3.05, 3.63) is 0 Å². The van der Waals surface area contributed by atoms with E-state index in [0.717, 1.165) is 25.9 Å². The van der Waals surface area contributed by atoms with Crippen LogP contribution in [0.4, 0.5) is 0 Å². The minimum atomic E-state index is -0.257. The van der Waals surface area contributed by atoms with Gasteiger partial charge in [-0.15, -0.1) is 0 Å². The smallest absolute Gasteiger partial charge is 0.228 e. The van der Waals surface area contributed by atoms with E-state index in [-0.39, 0.29) is 10.8 Å². The maximum absolute atomic E-state index is 12.4. The largest absolute Gasteiger partial charge is 0.339 e. The molecule has 1 aliphatic heterocycles. The van der Waals surface area contributed by atoms with E-state index in [1.54, 1.807) is 0 Å². The molecule has 2 N–H and O–H groups in total. The summed E-state index contributed by atoms with van der Waals surface area (Å²) in [4.78, 5) is 14.5. The van der Waals surface area contributed by atoms with Crippen molar-refractivity contribution in [2.24, 2.45) is 16.6 Å². The lowest BCUT2D eigenvalue weighted by atomic mass is 9.82. The summed E-state index contributed by atoms with van der Waals surface area (Å²) in [5.74, 6) is 0.301. The Kier molecular flexibility index (Phi) is 2.77. The van der Waals surface area contributed by atoms with E-state index in [1.807, 2.05) is 20.8 Å². The normalized spacial score (nSPS) is 34.2. The molecule has 0 bridgehead atoms. The number of nitrogens with two attached hydrogens (primary N) is 1. The average Bonchev–Trinajstić information content (AvgIpc) is 2.72. The molecule has 3 nitrogen and oxygen atoms in total. The summed E-state index contributed by atoms with van der Waals surface area (Å²) in [7, 11) is 0. The lowest BCUT2D eigenvalue weighted by molar-refractivity contribution is -0.141. The van der Waals surface area contributed by atoms with Crippen molar-refractivity contribution in [1.29, 1.82) is 0 Å². The van der Waals surface area contributed by atoms with Gasteiger partial charge >= 0.3 is 0 Å². The van der Waals surface area contributed by atoms with E-state index >= 15 is 0 Å². The molecule has 1 saturated carbocycles. The lowest BCUT2D eigenvalue weighted by Gasteiger charge is -2.34. The zero-order chi connectivity index (χ0) is 12.0. The quantitative estimate of drug-likeness (QED) is 0.737. The first kappa shape index (κ1) is 11.9. The average molecular weight is 224 g/mol. The van der Waals surface area contributed by atoms with E-state index in [4.69, 9.17) is 5.73 Å². The van der Waals surface area contributed by atoms with Crippen LogP contribution in [0.15, 0.2) is 0 Å². The third-order valence-corrected chi connectivity index (χ3v) is 4.39. The summed E-state index contributed by atoms with van der Waals surface area (Å²) >= 11 is 0. The maximum Gasteiger partial charge on any atom is 0.228 e. The highest BCUT2D eigenvalue weighted by Gasteiger charge is 2.51. The van der Waals surface area contributed by atoms with Gasteiger partial charge in [-0.3, -0.25) is 4.79 Å². The Morgan fingerprint density at radius 2 is 2.12 bits per heavy atom. The van der Waals surface area contributed by atoms with Gasteiger partial charge in [0.15, 0.2) is 0 Å². The molecule has 92 valence electrons. The molecule has 1 heterocycles. The third kappa shape index (κ3) is 1.65. The van der Waals surface area contributed by atoms with Crippen LogP contribution in [0.1, 0.15) is 46.5 Å². The fourth-order valence-electron chi connectivity index (χ4n) is 3.41. The molecule has 2 aliphatic rings. The van der Waals surface area contributed by atoms with E-state index in [0.29, 0.717) is 11.9 Å². The molecule has 0 aromatic carbocycles. The SMILES string of the molecule is CC(C)(C)C(=O)N1CC[C@]2(CN)CCC[C@H]12. The molecule has 1 saturated heterocycles. The van der Waals surface area contributed by atoms with Crippen LogP contribution in [0, 0.1) is 10.8 Å². The number of carbonyl (C=O) groups is 1. The molecule has 0 spiro atoms.